The number of benzene rings is 1. The van der Waals surface area contributed by atoms with Crippen LogP contribution < -0.4 is 5.32 Å². The fraction of sp³-hybridized carbons (Fsp3) is 0.500. The average molecular weight is 263 g/mol. The van der Waals surface area contributed by atoms with E-state index < -0.39 is 23.6 Å². The molecule has 6 heteroatoms. The summed E-state index contributed by atoms with van der Waals surface area (Å²) in [7, 11) is 0. The Labute approximate surface area is 102 Å². The monoisotopic (exact) mass is 263 g/mol. The summed E-state index contributed by atoms with van der Waals surface area (Å²) in [6, 6.07) is 2.22. The maximum Gasteiger partial charge on any atom is 0.416 e. The van der Waals surface area contributed by atoms with Gasteiger partial charge < -0.3 is 10.1 Å². The van der Waals surface area contributed by atoms with E-state index in [4.69, 9.17) is 4.74 Å². The second-order valence-electron chi connectivity index (χ2n) is 4.39. The van der Waals surface area contributed by atoms with E-state index in [1.807, 2.05) is 6.92 Å². The van der Waals surface area contributed by atoms with Gasteiger partial charge in [-0.3, -0.25) is 0 Å². The zero-order valence-corrected chi connectivity index (χ0v) is 9.72. The molecule has 0 aromatic heterocycles. The Balaban J connectivity index is 2.24. The molecule has 1 N–H and O–H groups in total. The van der Waals surface area contributed by atoms with Crippen molar-refractivity contribution in [2.75, 3.05) is 13.2 Å². The molecule has 1 aliphatic rings. The van der Waals surface area contributed by atoms with Gasteiger partial charge in [0.1, 0.15) is 5.82 Å². The number of nitrogens with one attached hydrogen (secondary N) is 1. The first kappa shape index (κ1) is 13.3. The minimum absolute atomic E-state index is 0.0467. The van der Waals surface area contributed by atoms with E-state index >= 15 is 0 Å². The summed E-state index contributed by atoms with van der Waals surface area (Å²) in [6.45, 7) is 2.64. The number of ether oxygens (including phenoxy) is 1. The van der Waals surface area contributed by atoms with Crippen LogP contribution in [0.3, 0.4) is 0 Å². The molecule has 1 aliphatic heterocycles. The number of hydrogen-bond donors (Lipinski definition) is 1. The van der Waals surface area contributed by atoms with E-state index in [1.165, 1.54) is 0 Å². The molecule has 2 atom stereocenters. The Morgan fingerprint density at radius 3 is 2.56 bits per heavy atom. The van der Waals surface area contributed by atoms with Gasteiger partial charge in [0.25, 0.3) is 0 Å². The Kier molecular flexibility index (Phi) is 3.59. The summed E-state index contributed by atoms with van der Waals surface area (Å²) in [5, 5.41) is 3.09. The van der Waals surface area contributed by atoms with Gasteiger partial charge in [-0.25, -0.2) is 4.39 Å². The van der Waals surface area contributed by atoms with Crippen LogP contribution in [0.15, 0.2) is 18.2 Å². The van der Waals surface area contributed by atoms with Gasteiger partial charge >= 0.3 is 6.18 Å². The van der Waals surface area contributed by atoms with Gasteiger partial charge in [-0.05, 0) is 19.1 Å². The molecule has 0 saturated carbocycles. The molecular formula is C12H13F4NO. The van der Waals surface area contributed by atoms with Crippen molar-refractivity contribution in [3.05, 3.63) is 35.1 Å². The van der Waals surface area contributed by atoms with Gasteiger partial charge in [0.2, 0.25) is 0 Å². The predicted molar refractivity (Wildman–Crippen MR) is 57.6 cm³/mol. The number of hydrogen-bond acceptors (Lipinski definition) is 2. The molecular weight excluding hydrogens is 250 g/mol. The highest BCUT2D eigenvalue weighted by Crippen LogP contribution is 2.31. The highest BCUT2D eigenvalue weighted by atomic mass is 19.4. The van der Waals surface area contributed by atoms with Crippen LogP contribution >= 0.6 is 0 Å². The third-order valence-electron chi connectivity index (χ3n) is 2.84. The summed E-state index contributed by atoms with van der Waals surface area (Å²) < 4.78 is 56.1. The lowest BCUT2D eigenvalue weighted by molar-refractivity contribution is -0.137. The molecule has 100 valence electrons. The van der Waals surface area contributed by atoms with Crippen molar-refractivity contribution >= 4 is 0 Å². The van der Waals surface area contributed by atoms with Crippen molar-refractivity contribution in [3.63, 3.8) is 0 Å². The molecule has 1 saturated heterocycles. The zero-order chi connectivity index (χ0) is 13.3. The van der Waals surface area contributed by atoms with Gasteiger partial charge in [-0.15, -0.1) is 0 Å². The minimum Gasteiger partial charge on any atom is -0.378 e. The molecule has 18 heavy (non-hydrogen) atoms. The summed E-state index contributed by atoms with van der Waals surface area (Å²) >= 11 is 0. The molecule has 1 heterocycles. The zero-order valence-electron chi connectivity index (χ0n) is 9.72. The molecule has 1 aromatic rings. The minimum atomic E-state index is -4.52. The summed E-state index contributed by atoms with van der Waals surface area (Å²) in [5.41, 5.74) is -0.775. The highest BCUT2D eigenvalue weighted by Gasteiger charge is 2.32. The fourth-order valence-electron chi connectivity index (χ4n) is 1.97. The van der Waals surface area contributed by atoms with Crippen molar-refractivity contribution < 1.29 is 22.3 Å². The van der Waals surface area contributed by atoms with E-state index in [0.717, 1.165) is 12.1 Å². The van der Waals surface area contributed by atoms with Crippen LogP contribution in [-0.2, 0) is 10.9 Å². The smallest absolute Gasteiger partial charge is 0.378 e. The normalized spacial score (nSPS) is 25.2. The van der Waals surface area contributed by atoms with E-state index in [9.17, 15) is 17.6 Å². The lowest BCUT2D eigenvalue weighted by Crippen LogP contribution is -2.42. The molecule has 0 radical (unpaired) electrons. The largest absolute Gasteiger partial charge is 0.416 e. The van der Waals surface area contributed by atoms with Crippen LogP contribution in [0.1, 0.15) is 24.1 Å². The van der Waals surface area contributed by atoms with Crippen molar-refractivity contribution in [1.29, 1.82) is 0 Å². The van der Waals surface area contributed by atoms with Gasteiger partial charge in [-0.2, -0.15) is 13.2 Å². The first-order valence-corrected chi connectivity index (χ1v) is 5.58. The third kappa shape index (κ3) is 2.81. The second-order valence-corrected chi connectivity index (χ2v) is 4.39. The van der Waals surface area contributed by atoms with E-state index in [2.05, 4.69) is 5.32 Å². The van der Waals surface area contributed by atoms with Gasteiger partial charge in [0.15, 0.2) is 0 Å². The SMILES string of the molecule is CC1COCC(c2ccc(C(F)(F)F)cc2F)N1. The quantitative estimate of drug-likeness (QED) is 0.787. The molecule has 2 rings (SSSR count). The molecule has 1 aromatic carbocycles. The number of rotatable bonds is 1. The summed E-state index contributed by atoms with van der Waals surface area (Å²) in [4.78, 5) is 0. The predicted octanol–water partition coefficient (Wildman–Crippen LogP) is 2.89. The number of alkyl halides is 3. The van der Waals surface area contributed by atoms with E-state index in [1.54, 1.807) is 0 Å². The van der Waals surface area contributed by atoms with Crippen molar-refractivity contribution in [2.45, 2.75) is 25.2 Å². The standard InChI is InChI=1S/C12H13F4NO/c1-7-5-18-6-11(17-7)9-3-2-8(4-10(9)13)12(14,15)16/h2-4,7,11,17H,5-6H2,1H3. The van der Waals surface area contributed by atoms with Crippen molar-refractivity contribution in [2.24, 2.45) is 0 Å². The molecule has 0 aliphatic carbocycles. The summed E-state index contributed by atoms with van der Waals surface area (Å²) in [5.74, 6) is -0.861. The molecule has 1 fully saturated rings. The maximum atomic E-state index is 13.7. The van der Waals surface area contributed by atoms with E-state index in [-0.39, 0.29) is 18.2 Å². The van der Waals surface area contributed by atoms with Crippen LogP contribution in [0.5, 0.6) is 0 Å². The first-order chi connectivity index (χ1) is 8.38. The highest BCUT2D eigenvalue weighted by molar-refractivity contribution is 5.29. The van der Waals surface area contributed by atoms with Crippen molar-refractivity contribution in [1.82, 2.24) is 5.32 Å². The van der Waals surface area contributed by atoms with Gasteiger partial charge in [-0.1, -0.05) is 6.07 Å². The lowest BCUT2D eigenvalue weighted by atomic mass is 10.0. The Morgan fingerprint density at radius 1 is 1.28 bits per heavy atom. The van der Waals surface area contributed by atoms with Crippen molar-refractivity contribution in [3.8, 4) is 0 Å². The molecule has 0 bridgehead atoms. The fourth-order valence-corrected chi connectivity index (χ4v) is 1.97. The molecule has 2 nitrogen and oxygen atoms in total. The molecule has 2 unspecified atom stereocenters. The van der Waals surface area contributed by atoms with E-state index in [0.29, 0.717) is 12.7 Å². The lowest BCUT2D eigenvalue weighted by Gasteiger charge is -2.29. The third-order valence-corrected chi connectivity index (χ3v) is 2.84. The Morgan fingerprint density at radius 2 is 2.00 bits per heavy atom. The first-order valence-electron chi connectivity index (χ1n) is 5.58. The Hall–Kier alpha value is -1.14. The van der Waals surface area contributed by atoms with Gasteiger partial charge in [0, 0.05) is 11.6 Å². The topological polar surface area (TPSA) is 21.3 Å². The number of morpholine rings is 1. The summed E-state index contributed by atoms with van der Waals surface area (Å²) in [6.07, 6.45) is -4.52. The average Bonchev–Trinajstić information content (AvgIpc) is 2.27. The van der Waals surface area contributed by atoms with Crippen LogP contribution in [0.25, 0.3) is 0 Å². The number of halogens is 4. The van der Waals surface area contributed by atoms with Crippen LogP contribution in [-0.4, -0.2) is 19.3 Å². The van der Waals surface area contributed by atoms with Gasteiger partial charge in [0.05, 0.1) is 24.8 Å². The van der Waals surface area contributed by atoms with Crippen LogP contribution in [0, 0.1) is 5.82 Å². The van der Waals surface area contributed by atoms with Crippen LogP contribution in [0.2, 0.25) is 0 Å². The Bertz CT molecular complexity index is 433. The van der Waals surface area contributed by atoms with Crippen LogP contribution in [0.4, 0.5) is 17.6 Å². The molecule has 0 spiro atoms. The second kappa shape index (κ2) is 4.85. The molecule has 0 amide bonds. The maximum absolute atomic E-state index is 13.7.